The lowest BCUT2D eigenvalue weighted by Crippen LogP contribution is -2.25. The molecule has 1 atom stereocenters. The van der Waals surface area contributed by atoms with Crippen molar-refractivity contribution in [2.45, 2.75) is 19.4 Å². The summed E-state index contributed by atoms with van der Waals surface area (Å²) in [6.45, 7) is 4.75. The summed E-state index contributed by atoms with van der Waals surface area (Å²) >= 11 is 0. The van der Waals surface area contributed by atoms with E-state index in [0.717, 1.165) is 0 Å². The molecule has 0 aliphatic carbocycles. The number of hydrogen-bond acceptors (Lipinski definition) is 4. The Morgan fingerprint density at radius 3 is 2.47 bits per heavy atom. The maximum absolute atomic E-state index is 11.0. The quantitative estimate of drug-likeness (QED) is 0.602. The van der Waals surface area contributed by atoms with E-state index in [2.05, 4.69) is 6.58 Å². The second-order valence-corrected chi connectivity index (χ2v) is 3.97. The molecule has 0 bridgehead atoms. The van der Waals surface area contributed by atoms with Crippen molar-refractivity contribution in [3.8, 4) is 5.75 Å². The van der Waals surface area contributed by atoms with Gasteiger partial charge in [-0.3, -0.25) is 4.79 Å². The van der Waals surface area contributed by atoms with E-state index in [4.69, 9.17) is 14.6 Å². The molecule has 0 heterocycles. The molecule has 0 fully saturated rings. The van der Waals surface area contributed by atoms with Crippen LogP contribution < -0.4 is 4.74 Å². The zero-order chi connectivity index (χ0) is 14.3. The van der Waals surface area contributed by atoms with Crippen LogP contribution >= 0.6 is 0 Å². The molecule has 1 unspecified atom stereocenters. The first-order valence-corrected chi connectivity index (χ1v) is 5.75. The van der Waals surface area contributed by atoms with Crippen molar-refractivity contribution >= 4 is 11.9 Å². The zero-order valence-corrected chi connectivity index (χ0v) is 10.7. The molecule has 1 aromatic carbocycles. The van der Waals surface area contributed by atoms with Crippen LogP contribution in [-0.2, 0) is 14.3 Å². The van der Waals surface area contributed by atoms with Crippen LogP contribution in [0.4, 0.5) is 0 Å². The fraction of sp³-hybridized carbons (Fsp3) is 0.286. The number of benzene rings is 1. The predicted octanol–water partition coefficient (Wildman–Crippen LogP) is 2.03. The summed E-state index contributed by atoms with van der Waals surface area (Å²) in [7, 11) is 0. The van der Waals surface area contributed by atoms with Crippen molar-refractivity contribution in [1.82, 2.24) is 0 Å². The summed E-state index contributed by atoms with van der Waals surface area (Å²) in [4.78, 5) is 21.7. The molecule has 0 saturated heterocycles. The molecular weight excluding hydrogens is 248 g/mol. The Morgan fingerprint density at radius 1 is 1.32 bits per heavy atom. The molecule has 0 aliphatic rings. The van der Waals surface area contributed by atoms with Crippen LogP contribution in [0.3, 0.4) is 0 Å². The third kappa shape index (κ3) is 5.72. The minimum atomic E-state index is -1.11. The molecule has 1 N–H and O–H groups in total. The standard InChI is InChI=1S/C14H16O5/c1-10(14(16)17)8-13(19-11(2)15)9-18-12-6-4-3-5-7-12/h3-7,13H,1,8-9H2,2H3,(H,16,17). The Bertz CT molecular complexity index is 452. The Balaban J connectivity index is 2.56. The number of carboxylic acid groups (broad SMARTS) is 1. The molecule has 0 aromatic heterocycles. The van der Waals surface area contributed by atoms with E-state index in [1.165, 1.54) is 6.92 Å². The summed E-state index contributed by atoms with van der Waals surface area (Å²) in [5.74, 6) is -0.975. The van der Waals surface area contributed by atoms with Crippen molar-refractivity contribution in [3.63, 3.8) is 0 Å². The van der Waals surface area contributed by atoms with Gasteiger partial charge in [0.05, 0.1) is 0 Å². The maximum atomic E-state index is 11.0. The average molecular weight is 264 g/mol. The van der Waals surface area contributed by atoms with Gasteiger partial charge in [-0.2, -0.15) is 0 Å². The summed E-state index contributed by atoms with van der Waals surface area (Å²) in [6.07, 6.45) is -0.636. The Morgan fingerprint density at radius 2 is 1.95 bits per heavy atom. The largest absolute Gasteiger partial charge is 0.490 e. The maximum Gasteiger partial charge on any atom is 0.331 e. The number of para-hydroxylation sites is 1. The Hall–Kier alpha value is -2.30. The minimum Gasteiger partial charge on any atom is -0.490 e. The SMILES string of the molecule is C=C(CC(COc1ccccc1)OC(C)=O)C(=O)O. The molecule has 1 rings (SSSR count). The summed E-state index contributed by atoms with van der Waals surface area (Å²) in [5.41, 5.74) is -0.0251. The molecule has 19 heavy (non-hydrogen) atoms. The van der Waals surface area contributed by atoms with Gasteiger partial charge in [-0.15, -0.1) is 0 Å². The van der Waals surface area contributed by atoms with Crippen molar-refractivity contribution < 1.29 is 24.2 Å². The van der Waals surface area contributed by atoms with Gasteiger partial charge in [-0.05, 0) is 12.1 Å². The second kappa shape index (κ2) is 7.20. The van der Waals surface area contributed by atoms with Crippen molar-refractivity contribution in [2.24, 2.45) is 0 Å². The number of carbonyl (C=O) groups is 2. The van der Waals surface area contributed by atoms with Crippen LogP contribution in [0.5, 0.6) is 5.75 Å². The minimum absolute atomic E-state index is 0.0251. The lowest BCUT2D eigenvalue weighted by molar-refractivity contribution is -0.148. The fourth-order valence-electron chi connectivity index (χ4n) is 1.44. The summed E-state index contributed by atoms with van der Waals surface area (Å²) in [5, 5.41) is 8.77. The van der Waals surface area contributed by atoms with Gasteiger partial charge in [0.25, 0.3) is 0 Å². The van der Waals surface area contributed by atoms with Crippen LogP contribution in [0.15, 0.2) is 42.5 Å². The third-order valence-corrected chi connectivity index (χ3v) is 2.29. The highest BCUT2D eigenvalue weighted by Crippen LogP contribution is 2.13. The van der Waals surface area contributed by atoms with Crippen LogP contribution in [0.25, 0.3) is 0 Å². The molecule has 5 heteroatoms. The topological polar surface area (TPSA) is 72.8 Å². The van der Waals surface area contributed by atoms with Crippen LogP contribution in [0.2, 0.25) is 0 Å². The first-order chi connectivity index (χ1) is 8.99. The van der Waals surface area contributed by atoms with Gasteiger partial charge in [-0.1, -0.05) is 24.8 Å². The van der Waals surface area contributed by atoms with E-state index in [0.29, 0.717) is 5.75 Å². The van der Waals surface area contributed by atoms with E-state index in [1.54, 1.807) is 12.1 Å². The van der Waals surface area contributed by atoms with E-state index in [9.17, 15) is 9.59 Å². The number of carbonyl (C=O) groups excluding carboxylic acids is 1. The van der Waals surface area contributed by atoms with Gasteiger partial charge in [0.2, 0.25) is 0 Å². The highest BCUT2D eigenvalue weighted by atomic mass is 16.6. The second-order valence-electron chi connectivity index (χ2n) is 3.97. The molecule has 0 spiro atoms. The van der Waals surface area contributed by atoms with Crippen molar-refractivity contribution in [2.75, 3.05) is 6.61 Å². The number of carboxylic acids is 1. The normalized spacial score (nSPS) is 11.4. The van der Waals surface area contributed by atoms with Gasteiger partial charge < -0.3 is 14.6 Å². The first kappa shape index (κ1) is 14.8. The smallest absolute Gasteiger partial charge is 0.331 e. The van der Waals surface area contributed by atoms with Crippen LogP contribution in [0, 0.1) is 0 Å². The van der Waals surface area contributed by atoms with Gasteiger partial charge in [0.15, 0.2) is 0 Å². The average Bonchev–Trinajstić information content (AvgIpc) is 2.36. The zero-order valence-electron chi connectivity index (χ0n) is 10.7. The summed E-state index contributed by atoms with van der Waals surface area (Å²) < 4.78 is 10.4. The monoisotopic (exact) mass is 264 g/mol. The van der Waals surface area contributed by atoms with Gasteiger partial charge in [-0.25, -0.2) is 4.79 Å². The molecule has 0 aliphatic heterocycles. The molecule has 0 saturated carbocycles. The number of aliphatic carboxylic acids is 1. The van der Waals surface area contributed by atoms with E-state index in [1.807, 2.05) is 18.2 Å². The molecule has 102 valence electrons. The number of esters is 1. The van der Waals surface area contributed by atoms with Crippen molar-refractivity contribution in [1.29, 1.82) is 0 Å². The number of rotatable bonds is 7. The highest BCUT2D eigenvalue weighted by Gasteiger charge is 2.17. The number of hydrogen-bond donors (Lipinski definition) is 1. The van der Waals surface area contributed by atoms with Gasteiger partial charge >= 0.3 is 11.9 Å². The molecule has 1 aromatic rings. The van der Waals surface area contributed by atoms with Gasteiger partial charge in [0.1, 0.15) is 18.5 Å². The van der Waals surface area contributed by atoms with Crippen LogP contribution in [-0.4, -0.2) is 29.8 Å². The van der Waals surface area contributed by atoms with Crippen LogP contribution in [0.1, 0.15) is 13.3 Å². The number of ether oxygens (including phenoxy) is 2. The summed E-state index contributed by atoms with van der Waals surface area (Å²) in [6, 6.07) is 9.00. The molecule has 0 radical (unpaired) electrons. The first-order valence-electron chi connectivity index (χ1n) is 5.75. The molecule has 5 nitrogen and oxygen atoms in total. The highest BCUT2D eigenvalue weighted by molar-refractivity contribution is 5.85. The predicted molar refractivity (Wildman–Crippen MR) is 68.9 cm³/mol. The Labute approximate surface area is 111 Å². The molecule has 0 amide bonds. The Kier molecular flexibility index (Phi) is 5.60. The van der Waals surface area contributed by atoms with E-state index < -0.39 is 18.0 Å². The molecular formula is C14H16O5. The van der Waals surface area contributed by atoms with E-state index in [-0.39, 0.29) is 18.6 Å². The lowest BCUT2D eigenvalue weighted by Gasteiger charge is -2.17. The lowest BCUT2D eigenvalue weighted by atomic mass is 10.1. The van der Waals surface area contributed by atoms with Crippen molar-refractivity contribution in [3.05, 3.63) is 42.5 Å². The van der Waals surface area contributed by atoms with E-state index >= 15 is 0 Å². The fourth-order valence-corrected chi connectivity index (χ4v) is 1.44. The third-order valence-electron chi connectivity index (χ3n) is 2.29. The van der Waals surface area contributed by atoms with Gasteiger partial charge in [0, 0.05) is 18.9 Å².